The fourth-order valence-corrected chi connectivity index (χ4v) is 9.76. The van der Waals surface area contributed by atoms with E-state index in [4.69, 9.17) is 28.4 Å². The summed E-state index contributed by atoms with van der Waals surface area (Å²) >= 11 is 0. The molecule has 1 amide bonds. The number of amides is 1. The van der Waals surface area contributed by atoms with Crippen LogP contribution in [0.15, 0.2) is 36.0 Å². The van der Waals surface area contributed by atoms with E-state index in [2.05, 4.69) is 6.58 Å². The van der Waals surface area contributed by atoms with Gasteiger partial charge in [0.15, 0.2) is 0 Å². The fraction of sp³-hybridized carbons (Fsp3) is 0.761. The van der Waals surface area contributed by atoms with Crippen molar-refractivity contribution in [3.63, 3.8) is 0 Å². The van der Waals surface area contributed by atoms with E-state index >= 15 is 0 Å². The Hall–Kier alpha value is -3.27. The van der Waals surface area contributed by atoms with Crippen molar-refractivity contribution >= 4 is 29.4 Å². The molecule has 14 heteroatoms. The number of cyclic esters (lactones) is 1. The van der Waals surface area contributed by atoms with Gasteiger partial charge in [0.2, 0.25) is 5.79 Å². The largest absolute Gasteiger partial charge is 0.460 e. The number of allylic oxidation sites excluding steroid dienone is 4. The third-order valence-corrected chi connectivity index (χ3v) is 13.2. The lowest BCUT2D eigenvalue weighted by atomic mass is 9.81. The van der Waals surface area contributed by atoms with Crippen LogP contribution in [0.4, 0.5) is 0 Å². The van der Waals surface area contributed by atoms with Gasteiger partial charge in [-0.25, -0.2) is 4.79 Å². The second-order valence-electron chi connectivity index (χ2n) is 17.9. The Labute approximate surface area is 356 Å². The molecule has 60 heavy (non-hydrogen) atoms. The zero-order valence-corrected chi connectivity index (χ0v) is 37.3. The molecule has 338 valence electrons. The van der Waals surface area contributed by atoms with Crippen LogP contribution in [-0.4, -0.2) is 127 Å². The highest BCUT2D eigenvalue weighted by Gasteiger charge is 2.56. The zero-order chi connectivity index (χ0) is 44.5. The lowest BCUT2D eigenvalue weighted by Crippen LogP contribution is -2.64. The summed E-state index contributed by atoms with van der Waals surface area (Å²) in [6.45, 7) is 14.5. The average Bonchev–Trinajstić information content (AvgIpc) is 3.21. The molecule has 0 aromatic carbocycles. The third-order valence-electron chi connectivity index (χ3n) is 13.2. The minimum atomic E-state index is -2.52. The van der Waals surface area contributed by atoms with E-state index in [9.17, 15) is 34.2 Å². The van der Waals surface area contributed by atoms with E-state index in [0.29, 0.717) is 56.9 Å². The number of esters is 2. The molecule has 14 atom stereocenters. The molecule has 14 nitrogen and oxygen atoms in total. The molecule has 0 spiro atoms. The van der Waals surface area contributed by atoms with E-state index < -0.39 is 83.9 Å². The highest BCUT2D eigenvalue weighted by molar-refractivity contribution is 6.39. The number of piperidine rings is 1. The maximum Gasteiger partial charge on any atom is 0.329 e. The topological polar surface area (TPSA) is 184 Å². The summed E-state index contributed by atoms with van der Waals surface area (Å²) in [6.07, 6.45) is 4.94. The zero-order valence-electron chi connectivity index (χ0n) is 37.3. The number of carbonyl (C=O) groups excluding carboxylic acids is 5. The van der Waals surface area contributed by atoms with E-state index in [0.717, 1.165) is 5.57 Å². The first-order valence-corrected chi connectivity index (χ1v) is 21.8. The highest BCUT2D eigenvalue weighted by atomic mass is 16.7. The lowest BCUT2D eigenvalue weighted by molar-refractivity contribution is -0.302. The van der Waals surface area contributed by atoms with Gasteiger partial charge >= 0.3 is 11.9 Å². The van der Waals surface area contributed by atoms with Gasteiger partial charge in [-0.15, -0.1) is 6.58 Å². The molecule has 1 saturated carbocycles. The number of nitrogens with zero attached hydrogens (tertiary/aromatic N) is 1. The minimum Gasteiger partial charge on any atom is -0.460 e. The summed E-state index contributed by atoms with van der Waals surface area (Å²) in [6, 6.07) is -1.16. The normalized spacial score (nSPS) is 39.4. The van der Waals surface area contributed by atoms with Crippen molar-refractivity contribution in [1.82, 2.24) is 4.90 Å². The van der Waals surface area contributed by atoms with Crippen LogP contribution < -0.4 is 0 Å². The van der Waals surface area contributed by atoms with E-state index in [1.165, 1.54) is 26.0 Å². The first-order chi connectivity index (χ1) is 28.4. The molecule has 2 bridgehead atoms. The van der Waals surface area contributed by atoms with Crippen molar-refractivity contribution in [3.8, 4) is 0 Å². The number of methoxy groups -OCH3 is 3. The Kier molecular flexibility index (Phi) is 18.3. The van der Waals surface area contributed by atoms with Crippen molar-refractivity contribution in [3.05, 3.63) is 36.0 Å². The van der Waals surface area contributed by atoms with Crippen LogP contribution in [-0.2, 0) is 52.4 Å². The molecule has 2 N–H and O–H groups in total. The second kappa shape index (κ2) is 22.2. The smallest absolute Gasteiger partial charge is 0.329 e. The maximum absolute atomic E-state index is 14.4. The van der Waals surface area contributed by atoms with Crippen LogP contribution in [0.25, 0.3) is 0 Å². The van der Waals surface area contributed by atoms with Crippen LogP contribution >= 0.6 is 0 Å². The number of hydrogen-bond donors (Lipinski definition) is 2. The summed E-state index contributed by atoms with van der Waals surface area (Å²) in [5.74, 6) is -8.31. The molecule has 0 aromatic heterocycles. The summed E-state index contributed by atoms with van der Waals surface area (Å²) in [4.78, 5) is 69.8. The molecule has 3 fully saturated rings. The predicted octanol–water partition coefficient (Wildman–Crippen LogP) is 5.21. The molecule has 4 rings (SSSR count). The molecule has 1 aliphatic carbocycles. The Morgan fingerprint density at radius 2 is 1.60 bits per heavy atom. The van der Waals surface area contributed by atoms with Gasteiger partial charge in [0.25, 0.3) is 11.7 Å². The van der Waals surface area contributed by atoms with Crippen LogP contribution in [0.1, 0.15) is 112 Å². The lowest BCUT2D eigenvalue weighted by Gasteiger charge is -2.47. The average molecular weight is 846 g/mol. The van der Waals surface area contributed by atoms with E-state index in [1.54, 1.807) is 34.0 Å². The molecular formula is C46H71NO13. The molecule has 3 heterocycles. The van der Waals surface area contributed by atoms with Crippen molar-refractivity contribution in [2.24, 2.45) is 29.6 Å². The minimum absolute atomic E-state index is 0.0000402. The highest BCUT2D eigenvalue weighted by Crippen LogP contribution is 2.39. The van der Waals surface area contributed by atoms with Gasteiger partial charge in [0.1, 0.15) is 30.1 Å². The molecule has 3 aliphatic heterocycles. The number of carbonyl (C=O) groups is 5. The SMILES string of the molecule is C=CCC1/C=C(/C)CC(C)CC(OC)C2OC(O)(C(=O)C(=O)N3CCCCC3C(=O)OC(/C(C)=C/C3CCC(OC(C)=O)C(OC)C3)C(C)C(O)CC1=O)C(C)CC2OC. The Bertz CT molecular complexity index is 1590. The number of rotatable bonds is 8. The van der Waals surface area contributed by atoms with Gasteiger partial charge in [0.05, 0.1) is 24.4 Å². The molecule has 0 radical (unpaired) electrons. The second-order valence-corrected chi connectivity index (χ2v) is 17.9. The fourth-order valence-electron chi connectivity index (χ4n) is 9.76. The molecule has 2 saturated heterocycles. The maximum atomic E-state index is 14.4. The van der Waals surface area contributed by atoms with Crippen LogP contribution in [0.2, 0.25) is 0 Å². The Balaban J connectivity index is 1.77. The quantitative estimate of drug-likeness (QED) is 0.185. The predicted molar refractivity (Wildman–Crippen MR) is 222 cm³/mol. The number of hydrogen-bond acceptors (Lipinski definition) is 13. The Morgan fingerprint density at radius 1 is 0.933 bits per heavy atom. The summed E-state index contributed by atoms with van der Waals surface area (Å²) in [7, 11) is 4.61. The summed E-state index contributed by atoms with van der Waals surface area (Å²) < 4.78 is 35.5. The molecular weight excluding hydrogens is 774 g/mol. The van der Waals surface area contributed by atoms with Crippen molar-refractivity contribution in [2.45, 2.75) is 167 Å². The number of aliphatic hydroxyl groups excluding tert-OH is 1. The van der Waals surface area contributed by atoms with Crippen molar-refractivity contribution in [2.75, 3.05) is 27.9 Å². The van der Waals surface area contributed by atoms with Gasteiger partial charge in [-0.2, -0.15) is 0 Å². The summed E-state index contributed by atoms with van der Waals surface area (Å²) in [5, 5.41) is 23.8. The molecule has 0 aromatic rings. The van der Waals surface area contributed by atoms with Crippen LogP contribution in [0.3, 0.4) is 0 Å². The first-order valence-electron chi connectivity index (χ1n) is 21.8. The van der Waals surface area contributed by atoms with Gasteiger partial charge in [-0.05, 0) is 95.5 Å². The number of ether oxygens (including phenoxy) is 6. The van der Waals surface area contributed by atoms with Gasteiger partial charge in [-0.1, -0.05) is 44.6 Å². The van der Waals surface area contributed by atoms with Gasteiger partial charge in [0, 0.05) is 59.0 Å². The molecule has 14 unspecified atom stereocenters. The van der Waals surface area contributed by atoms with Crippen molar-refractivity contribution < 1.29 is 62.6 Å². The van der Waals surface area contributed by atoms with Crippen LogP contribution in [0.5, 0.6) is 0 Å². The standard InChI is InChI=1S/C46H71NO13/c1-11-14-33-20-26(2)19-27(3)21-39(56-9)42-40(57-10)23-29(5)46(54,60-42)43(51)44(52)47-18-13-12-15-34(47)45(53)59-41(30(6)35(49)25-36(33)50)28(4)22-32-16-17-37(58-31(7)48)38(24-32)55-8/h11,20,22,27,29-30,32-35,37-42,49,54H,1,12-19,21,23-25H2,2-10H3/b26-20-,28-22+. The monoisotopic (exact) mass is 845 g/mol. The summed E-state index contributed by atoms with van der Waals surface area (Å²) in [5.41, 5.74) is 1.58. The third kappa shape index (κ3) is 12.0. The molecule has 4 aliphatic rings. The first kappa shape index (κ1) is 49.4. The number of Topliss-reactive ketones (excluding diaryl/α,β-unsaturated/α-hetero) is 2. The number of ketones is 2. The van der Waals surface area contributed by atoms with Gasteiger partial charge in [-0.3, -0.25) is 19.2 Å². The van der Waals surface area contributed by atoms with Gasteiger partial charge < -0.3 is 43.5 Å². The number of aliphatic hydroxyl groups is 2. The van der Waals surface area contributed by atoms with Crippen molar-refractivity contribution in [1.29, 1.82) is 0 Å². The van der Waals surface area contributed by atoms with E-state index in [-0.39, 0.29) is 55.5 Å². The van der Waals surface area contributed by atoms with Crippen LogP contribution in [0, 0.1) is 29.6 Å². The number of fused-ring (bicyclic) bond motifs is 3. The Morgan fingerprint density at radius 3 is 2.23 bits per heavy atom. The van der Waals surface area contributed by atoms with E-state index in [1.807, 2.05) is 26.0 Å².